The molecule has 1 fully saturated rings. The third kappa shape index (κ3) is 4.58. The topological polar surface area (TPSA) is 218 Å². The van der Waals surface area contributed by atoms with E-state index in [9.17, 15) is 35.4 Å². The fourth-order valence-corrected chi connectivity index (χ4v) is 2.16. The highest BCUT2D eigenvalue weighted by atomic mass is 16.7. The smallest absolute Gasteiger partial charge is 0.335 e. The van der Waals surface area contributed by atoms with E-state index in [1.54, 1.807) is 0 Å². The Morgan fingerprint density at radius 1 is 1.04 bits per heavy atom. The number of aliphatic hydroxyl groups excluding tert-OH is 8. The van der Waals surface area contributed by atoms with Crippen molar-refractivity contribution in [1.29, 1.82) is 0 Å². The highest BCUT2D eigenvalue weighted by Crippen LogP contribution is 2.24. The maximum Gasteiger partial charge on any atom is 0.335 e. The van der Waals surface area contributed by atoms with E-state index in [0.717, 1.165) is 0 Å². The molecule has 1 saturated heterocycles. The van der Waals surface area contributed by atoms with Gasteiger partial charge in [0.05, 0.1) is 13.2 Å². The summed E-state index contributed by atoms with van der Waals surface area (Å²) in [7, 11) is 0. The molecular formula is C12H22O12. The van der Waals surface area contributed by atoms with Crippen LogP contribution in [-0.4, -0.2) is 120 Å². The van der Waals surface area contributed by atoms with Crippen molar-refractivity contribution in [2.24, 2.45) is 0 Å². The van der Waals surface area contributed by atoms with Crippen molar-refractivity contribution in [1.82, 2.24) is 0 Å². The molecule has 0 aromatic rings. The fraction of sp³-hybridized carbons (Fsp3) is 0.917. The minimum Gasteiger partial charge on any atom is -0.479 e. The average Bonchev–Trinajstić information content (AvgIpc) is 2.57. The van der Waals surface area contributed by atoms with E-state index in [2.05, 4.69) is 0 Å². The maximum absolute atomic E-state index is 10.7. The first-order valence-electron chi connectivity index (χ1n) is 6.99. The number of carboxylic acids is 1. The van der Waals surface area contributed by atoms with Gasteiger partial charge >= 0.3 is 5.97 Å². The van der Waals surface area contributed by atoms with Gasteiger partial charge in [-0.05, 0) is 0 Å². The third-order valence-electron chi connectivity index (χ3n) is 3.62. The van der Waals surface area contributed by atoms with Crippen LogP contribution in [0.5, 0.6) is 0 Å². The van der Waals surface area contributed by atoms with Crippen LogP contribution in [0.25, 0.3) is 0 Å². The predicted molar refractivity (Wildman–Crippen MR) is 71.4 cm³/mol. The van der Waals surface area contributed by atoms with E-state index in [1.807, 2.05) is 0 Å². The summed E-state index contributed by atoms with van der Waals surface area (Å²) in [6, 6.07) is 0. The standard InChI is InChI=1S/C12H22O12/c13-1-3(15)10(7(18)8(19)11(21)22)24-12-9(20)6(17)5(16)4(2-14)23-12/h3-10,12-20H,1-2H2,(H,21,22)/t3?,4-,5-,6+,7?,8?,9-,10?,12-/m1/s1. The van der Waals surface area contributed by atoms with E-state index in [-0.39, 0.29) is 0 Å². The number of carbonyl (C=O) groups is 1. The van der Waals surface area contributed by atoms with Gasteiger partial charge in [-0.3, -0.25) is 0 Å². The quantitative estimate of drug-likeness (QED) is 0.198. The molecular weight excluding hydrogens is 336 g/mol. The second kappa shape index (κ2) is 8.96. The van der Waals surface area contributed by atoms with E-state index in [4.69, 9.17) is 24.8 Å². The van der Waals surface area contributed by atoms with Gasteiger partial charge in [0.1, 0.15) is 42.7 Å². The van der Waals surface area contributed by atoms with Crippen LogP contribution in [-0.2, 0) is 14.3 Å². The summed E-state index contributed by atoms with van der Waals surface area (Å²) in [4.78, 5) is 10.7. The summed E-state index contributed by atoms with van der Waals surface area (Å²) in [5.41, 5.74) is 0. The second-order valence-electron chi connectivity index (χ2n) is 5.32. The molecule has 9 atom stereocenters. The molecule has 24 heavy (non-hydrogen) atoms. The van der Waals surface area contributed by atoms with Crippen molar-refractivity contribution in [3.63, 3.8) is 0 Å². The molecule has 12 nitrogen and oxygen atoms in total. The zero-order chi connectivity index (χ0) is 18.6. The molecule has 0 aliphatic carbocycles. The molecule has 4 unspecified atom stereocenters. The van der Waals surface area contributed by atoms with E-state index < -0.39 is 74.3 Å². The number of hydrogen-bond donors (Lipinski definition) is 9. The van der Waals surface area contributed by atoms with Gasteiger partial charge in [0.2, 0.25) is 0 Å². The van der Waals surface area contributed by atoms with Gasteiger partial charge in [-0.15, -0.1) is 0 Å². The van der Waals surface area contributed by atoms with Crippen LogP contribution in [0.1, 0.15) is 0 Å². The zero-order valence-corrected chi connectivity index (χ0v) is 12.4. The molecule has 0 amide bonds. The molecule has 1 heterocycles. The first kappa shape index (κ1) is 21.1. The maximum atomic E-state index is 10.7. The highest BCUT2D eigenvalue weighted by molar-refractivity contribution is 5.72. The van der Waals surface area contributed by atoms with Crippen molar-refractivity contribution < 1.29 is 60.2 Å². The van der Waals surface area contributed by atoms with Gasteiger partial charge < -0.3 is 55.4 Å². The van der Waals surface area contributed by atoms with Crippen LogP contribution in [0, 0.1) is 0 Å². The molecule has 0 aromatic heterocycles. The molecule has 0 bridgehead atoms. The minimum absolute atomic E-state index is 0.766. The van der Waals surface area contributed by atoms with Crippen molar-refractivity contribution >= 4 is 5.97 Å². The lowest BCUT2D eigenvalue weighted by Gasteiger charge is -2.42. The second-order valence-corrected chi connectivity index (χ2v) is 5.32. The van der Waals surface area contributed by atoms with Crippen LogP contribution in [0.4, 0.5) is 0 Å². The first-order valence-corrected chi connectivity index (χ1v) is 6.99. The Labute approximate surface area is 135 Å². The van der Waals surface area contributed by atoms with Crippen LogP contribution >= 0.6 is 0 Å². The van der Waals surface area contributed by atoms with Crippen LogP contribution < -0.4 is 0 Å². The lowest BCUT2D eigenvalue weighted by Crippen LogP contribution is -2.61. The minimum atomic E-state index is -2.39. The Bertz CT molecular complexity index is 403. The average molecular weight is 358 g/mol. The Kier molecular flexibility index (Phi) is 7.88. The predicted octanol–water partition coefficient (Wildman–Crippen LogP) is -5.67. The number of rotatable bonds is 8. The van der Waals surface area contributed by atoms with Crippen LogP contribution in [0.15, 0.2) is 0 Å². The normalized spacial score (nSPS) is 35.9. The Morgan fingerprint density at radius 2 is 1.62 bits per heavy atom. The van der Waals surface area contributed by atoms with E-state index >= 15 is 0 Å². The summed E-state index contributed by atoms with van der Waals surface area (Å²) in [6.45, 7) is -1.76. The summed E-state index contributed by atoms with van der Waals surface area (Å²) in [5, 5.41) is 84.5. The molecule has 0 saturated carbocycles. The zero-order valence-electron chi connectivity index (χ0n) is 12.4. The van der Waals surface area contributed by atoms with Crippen molar-refractivity contribution in [2.75, 3.05) is 13.2 Å². The molecule has 12 heteroatoms. The lowest BCUT2D eigenvalue weighted by molar-refractivity contribution is -0.326. The lowest BCUT2D eigenvalue weighted by atomic mass is 9.98. The molecule has 9 N–H and O–H groups in total. The van der Waals surface area contributed by atoms with Gasteiger partial charge in [0, 0.05) is 0 Å². The number of carboxylic acid groups (broad SMARTS) is 1. The Morgan fingerprint density at radius 3 is 2.08 bits per heavy atom. The van der Waals surface area contributed by atoms with Gasteiger partial charge in [-0.1, -0.05) is 0 Å². The molecule has 0 aromatic carbocycles. The molecule has 142 valence electrons. The molecule has 1 aliphatic rings. The van der Waals surface area contributed by atoms with E-state index in [0.29, 0.717) is 0 Å². The van der Waals surface area contributed by atoms with E-state index in [1.165, 1.54) is 0 Å². The largest absolute Gasteiger partial charge is 0.479 e. The summed E-state index contributed by atoms with van der Waals surface area (Å²) >= 11 is 0. The van der Waals surface area contributed by atoms with Crippen molar-refractivity contribution in [3.8, 4) is 0 Å². The molecule has 0 spiro atoms. The fourth-order valence-electron chi connectivity index (χ4n) is 2.16. The highest BCUT2D eigenvalue weighted by Gasteiger charge is 2.47. The first-order chi connectivity index (χ1) is 11.1. The van der Waals surface area contributed by atoms with Crippen molar-refractivity contribution in [3.05, 3.63) is 0 Å². The SMILES string of the molecule is O=C(O)C(O)C(O)C(O[C@H]1O[C@H](CO)[C@@H](O)[C@H](O)[C@H]1O)C(O)CO. The number of ether oxygens (including phenoxy) is 2. The molecule has 0 radical (unpaired) electrons. The summed E-state index contributed by atoms with van der Waals surface area (Å²) < 4.78 is 9.98. The summed E-state index contributed by atoms with van der Waals surface area (Å²) in [6.07, 6.45) is -16.9. The molecule has 1 rings (SSSR count). The van der Waals surface area contributed by atoms with Gasteiger partial charge in [-0.2, -0.15) is 0 Å². The molecule has 1 aliphatic heterocycles. The van der Waals surface area contributed by atoms with Crippen LogP contribution in [0.3, 0.4) is 0 Å². The van der Waals surface area contributed by atoms with Crippen molar-refractivity contribution in [2.45, 2.75) is 55.1 Å². The van der Waals surface area contributed by atoms with Crippen LogP contribution in [0.2, 0.25) is 0 Å². The Balaban J connectivity index is 2.94. The third-order valence-corrected chi connectivity index (χ3v) is 3.62. The Hall–Kier alpha value is -0.930. The monoisotopic (exact) mass is 358 g/mol. The number of hydrogen-bond acceptors (Lipinski definition) is 11. The number of aliphatic hydroxyl groups is 8. The number of aliphatic carboxylic acids is 1. The van der Waals surface area contributed by atoms with Gasteiger partial charge in [0.15, 0.2) is 12.4 Å². The summed E-state index contributed by atoms with van der Waals surface area (Å²) in [5.74, 6) is -1.84. The van der Waals surface area contributed by atoms with Gasteiger partial charge in [0.25, 0.3) is 0 Å². The van der Waals surface area contributed by atoms with Gasteiger partial charge in [-0.25, -0.2) is 4.79 Å².